The number of amides is 1. The molecule has 1 aliphatic rings. The summed E-state index contributed by atoms with van der Waals surface area (Å²) >= 11 is 0. The van der Waals surface area contributed by atoms with E-state index in [-0.39, 0.29) is 5.91 Å². The minimum absolute atomic E-state index is 0.0131. The molecule has 1 saturated carbocycles. The Morgan fingerprint density at radius 1 is 1.15 bits per heavy atom. The Morgan fingerprint density at radius 3 is 2.81 bits per heavy atom. The maximum absolute atomic E-state index is 12.5. The Balaban J connectivity index is 1.71. The second-order valence-electron chi connectivity index (χ2n) is 7.54. The number of pyridine rings is 1. The first-order valence-corrected chi connectivity index (χ1v) is 9.39. The van der Waals surface area contributed by atoms with E-state index in [4.69, 9.17) is 0 Å². The average molecular weight is 355 g/mol. The lowest BCUT2D eigenvalue weighted by molar-refractivity contribution is 0.0951. The molecular formula is C23H21N3O. The van der Waals surface area contributed by atoms with Crippen molar-refractivity contribution in [2.75, 3.05) is 0 Å². The smallest absolute Gasteiger partial charge is 0.251 e. The van der Waals surface area contributed by atoms with E-state index in [2.05, 4.69) is 53.4 Å². The summed E-state index contributed by atoms with van der Waals surface area (Å²) in [7, 11) is 0. The van der Waals surface area contributed by atoms with Gasteiger partial charge in [-0.3, -0.25) is 4.79 Å². The molecule has 134 valence electrons. The largest absolute Gasteiger partial charge is 0.349 e. The summed E-state index contributed by atoms with van der Waals surface area (Å²) in [5.74, 6) is 0.0131. The number of aromatic amines is 1. The number of benzene rings is 2. The lowest BCUT2D eigenvalue weighted by Gasteiger charge is -2.09. The van der Waals surface area contributed by atoms with Crippen LogP contribution in [0.15, 0.2) is 48.7 Å². The van der Waals surface area contributed by atoms with Crippen LogP contribution in [0.5, 0.6) is 0 Å². The second-order valence-corrected chi connectivity index (χ2v) is 7.54. The summed E-state index contributed by atoms with van der Waals surface area (Å²) < 4.78 is 0. The SMILES string of the molecule is Cc1cnc2[nH]c3c(C)ccc(-c4cccc(C(=O)NC5CC5)c4)c3c2c1. The Hall–Kier alpha value is -3.14. The van der Waals surface area contributed by atoms with Crippen molar-refractivity contribution < 1.29 is 4.79 Å². The third-order valence-electron chi connectivity index (χ3n) is 5.30. The van der Waals surface area contributed by atoms with E-state index >= 15 is 0 Å². The number of aryl methyl sites for hydroxylation is 2. The van der Waals surface area contributed by atoms with E-state index in [0.29, 0.717) is 11.6 Å². The van der Waals surface area contributed by atoms with E-state index in [1.807, 2.05) is 24.4 Å². The lowest BCUT2D eigenvalue weighted by Crippen LogP contribution is -2.25. The molecule has 0 aliphatic heterocycles. The lowest BCUT2D eigenvalue weighted by atomic mass is 9.96. The van der Waals surface area contributed by atoms with Gasteiger partial charge in [0.2, 0.25) is 0 Å². The number of nitrogens with zero attached hydrogens (tertiary/aromatic N) is 1. The Bertz CT molecular complexity index is 1200. The molecule has 0 saturated heterocycles. The normalized spacial score (nSPS) is 14.0. The molecule has 0 radical (unpaired) electrons. The van der Waals surface area contributed by atoms with Crippen LogP contribution in [0.3, 0.4) is 0 Å². The molecule has 4 nitrogen and oxygen atoms in total. The molecule has 4 aromatic rings. The first-order chi connectivity index (χ1) is 13.1. The van der Waals surface area contributed by atoms with Crippen LogP contribution < -0.4 is 5.32 Å². The third-order valence-corrected chi connectivity index (χ3v) is 5.30. The maximum atomic E-state index is 12.5. The molecule has 0 unspecified atom stereocenters. The predicted molar refractivity (Wildman–Crippen MR) is 109 cm³/mol. The molecule has 2 heterocycles. The zero-order valence-electron chi connectivity index (χ0n) is 15.5. The minimum Gasteiger partial charge on any atom is -0.349 e. The van der Waals surface area contributed by atoms with Crippen LogP contribution >= 0.6 is 0 Å². The fraction of sp³-hybridized carbons (Fsp3) is 0.217. The van der Waals surface area contributed by atoms with Gasteiger partial charge < -0.3 is 10.3 Å². The number of rotatable bonds is 3. The molecule has 1 fully saturated rings. The monoisotopic (exact) mass is 355 g/mol. The van der Waals surface area contributed by atoms with Gasteiger partial charge in [-0.05, 0) is 67.1 Å². The van der Waals surface area contributed by atoms with Gasteiger partial charge in [-0.15, -0.1) is 0 Å². The molecule has 4 heteroatoms. The Kier molecular flexibility index (Phi) is 3.54. The molecule has 0 atom stereocenters. The first kappa shape index (κ1) is 16.1. The highest BCUT2D eigenvalue weighted by atomic mass is 16.1. The molecular weight excluding hydrogens is 334 g/mol. The number of carbonyl (C=O) groups excluding carboxylic acids is 1. The molecule has 5 rings (SSSR count). The Morgan fingerprint density at radius 2 is 2.00 bits per heavy atom. The molecule has 0 bridgehead atoms. The Labute approximate surface area is 157 Å². The fourth-order valence-corrected chi connectivity index (χ4v) is 3.69. The predicted octanol–water partition coefficient (Wildman–Crippen LogP) is 4.89. The van der Waals surface area contributed by atoms with Gasteiger partial charge in [0.1, 0.15) is 5.65 Å². The van der Waals surface area contributed by atoms with Gasteiger partial charge in [-0.1, -0.05) is 24.3 Å². The standard InChI is InChI=1S/C23H21N3O/c1-13-10-19-20-18(9-6-14(2)21(20)26-22(19)24-12-13)15-4-3-5-16(11-15)23(27)25-17-7-8-17/h3-6,9-12,17H,7-8H2,1-2H3,(H,24,26)(H,25,27). The van der Waals surface area contributed by atoms with Crippen molar-refractivity contribution in [1.29, 1.82) is 0 Å². The zero-order chi connectivity index (χ0) is 18.5. The van der Waals surface area contributed by atoms with Crippen LogP contribution in [0.25, 0.3) is 33.1 Å². The highest BCUT2D eigenvalue weighted by molar-refractivity contribution is 6.14. The van der Waals surface area contributed by atoms with Crippen molar-refractivity contribution in [3.8, 4) is 11.1 Å². The van der Waals surface area contributed by atoms with Gasteiger partial charge in [0.05, 0.1) is 5.52 Å². The summed E-state index contributed by atoms with van der Waals surface area (Å²) in [5.41, 5.74) is 7.20. The van der Waals surface area contributed by atoms with Gasteiger partial charge >= 0.3 is 0 Å². The van der Waals surface area contributed by atoms with Crippen LogP contribution in [-0.2, 0) is 0 Å². The molecule has 1 aliphatic carbocycles. The molecule has 2 aromatic heterocycles. The minimum atomic E-state index is 0.0131. The van der Waals surface area contributed by atoms with E-state index in [1.165, 1.54) is 10.9 Å². The highest BCUT2D eigenvalue weighted by Crippen LogP contribution is 2.36. The van der Waals surface area contributed by atoms with Crippen molar-refractivity contribution in [3.63, 3.8) is 0 Å². The van der Waals surface area contributed by atoms with Crippen LogP contribution in [0.4, 0.5) is 0 Å². The van der Waals surface area contributed by atoms with Crippen molar-refractivity contribution in [2.45, 2.75) is 32.7 Å². The van der Waals surface area contributed by atoms with Crippen LogP contribution in [-0.4, -0.2) is 21.9 Å². The van der Waals surface area contributed by atoms with Crippen LogP contribution in [0.2, 0.25) is 0 Å². The summed E-state index contributed by atoms with van der Waals surface area (Å²) in [6.07, 6.45) is 4.06. The van der Waals surface area contributed by atoms with Crippen LogP contribution in [0.1, 0.15) is 34.3 Å². The van der Waals surface area contributed by atoms with E-state index in [0.717, 1.165) is 46.1 Å². The van der Waals surface area contributed by atoms with Gasteiger partial charge in [-0.2, -0.15) is 0 Å². The number of nitrogens with one attached hydrogen (secondary N) is 2. The second kappa shape index (κ2) is 5.95. The van der Waals surface area contributed by atoms with Crippen molar-refractivity contribution >= 4 is 27.8 Å². The van der Waals surface area contributed by atoms with Crippen molar-refractivity contribution in [1.82, 2.24) is 15.3 Å². The summed E-state index contributed by atoms with van der Waals surface area (Å²) in [6.45, 7) is 4.16. The number of carbonyl (C=O) groups is 1. The zero-order valence-corrected chi connectivity index (χ0v) is 15.5. The number of H-pyrrole nitrogens is 1. The van der Waals surface area contributed by atoms with Gasteiger partial charge in [0, 0.05) is 28.6 Å². The first-order valence-electron chi connectivity index (χ1n) is 9.39. The number of fused-ring (bicyclic) bond motifs is 3. The summed E-state index contributed by atoms with van der Waals surface area (Å²) in [5, 5.41) is 5.36. The average Bonchev–Trinajstić information content (AvgIpc) is 3.40. The molecule has 2 N–H and O–H groups in total. The van der Waals surface area contributed by atoms with Crippen molar-refractivity contribution in [3.05, 3.63) is 65.4 Å². The maximum Gasteiger partial charge on any atom is 0.251 e. The van der Waals surface area contributed by atoms with Gasteiger partial charge in [0.15, 0.2) is 0 Å². The summed E-state index contributed by atoms with van der Waals surface area (Å²) in [6, 6.07) is 14.7. The molecule has 27 heavy (non-hydrogen) atoms. The van der Waals surface area contributed by atoms with Gasteiger partial charge in [0.25, 0.3) is 5.91 Å². The summed E-state index contributed by atoms with van der Waals surface area (Å²) in [4.78, 5) is 20.5. The van der Waals surface area contributed by atoms with Crippen LogP contribution in [0, 0.1) is 13.8 Å². The molecule has 0 spiro atoms. The third kappa shape index (κ3) is 2.78. The number of hydrogen-bond acceptors (Lipinski definition) is 2. The van der Waals surface area contributed by atoms with E-state index in [9.17, 15) is 4.79 Å². The van der Waals surface area contributed by atoms with Gasteiger partial charge in [-0.25, -0.2) is 4.98 Å². The van der Waals surface area contributed by atoms with E-state index in [1.54, 1.807) is 0 Å². The van der Waals surface area contributed by atoms with Crippen molar-refractivity contribution in [2.24, 2.45) is 0 Å². The molecule has 1 amide bonds. The highest BCUT2D eigenvalue weighted by Gasteiger charge is 2.24. The fourth-order valence-electron chi connectivity index (χ4n) is 3.69. The molecule has 2 aromatic carbocycles. The van der Waals surface area contributed by atoms with E-state index < -0.39 is 0 Å². The topological polar surface area (TPSA) is 57.8 Å². The quantitative estimate of drug-likeness (QED) is 0.549. The number of aromatic nitrogens is 2. The number of hydrogen-bond donors (Lipinski definition) is 2.